The molecule has 0 bridgehead atoms. The zero-order chi connectivity index (χ0) is 17.5. The van der Waals surface area contributed by atoms with Crippen LogP contribution < -0.4 is 10.1 Å². The molecular weight excluding hydrogens is 349 g/mol. The van der Waals surface area contributed by atoms with Crippen molar-refractivity contribution in [2.45, 2.75) is 45.1 Å². The quantitative estimate of drug-likeness (QED) is 0.752. The molecule has 2 N–H and O–H groups in total. The summed E-state index contributed by atoms with van der Waals surface area (Å²) in [4.78, 5) is 12.6. The summed E-state index contributed by atoms with van der Waals surface area (Å²) in [5.41, 5.74) is 0.680. The van der Waals surface area contributed by atoms with Gasteiger partial charge in [-0.2, -0.15) is 0 Å². The summed E-state index contributed by atoms with van der Waals surface area (Å²) in [5.74, 6) is 0.762. The third kappa shape index (κ3) is 5.01. The second kappa shape index (κ2) is 9.50. The van der Waals surface area contributed by atoms with Crippen molar-refractivity contribution in [1.29, 1.82) is 0 Å². The van der Waals surface area contributed by atoms with Gasteiger partial charge in [0, 0.05) is 24.6 Å². The summed E-state index contributed by atoms with van der Waals surface area (Å²) < 4.78 is 5.12. The number of hydrogen-bond acceptors (Lipinski definition) is 3. The van der Waals surface area contributed by atoms with E-state index < -0.39 is 0 Å². The van der Waals surface area contributed by atoms with E-state index in [-0.39, 0.29) is 25.0 Å². The molecule has 1 saturated carbocycles. The summed E-state index contributed by atoms with van der Waals surface area (Å²) in [6.45, 7) is 0.299. The Kier molecular flexibility index (Phi) is 7.66. The van der Waals surface area contributed by atoms with Crippen molar-refractivity contribution < 1.29 is 14.6 Å². The molecule has 0 aliphatic heterocycles. The molecule has 0 aromatic heterocycles. The first kappa shape index (κ1) is 19.4. The number of hydrogen-bond donors (Lipinski definition) is 2. The molecule has 0 heterocycles. The highest BCUT2D eigenvalue weighted by atomic mass is 35.5. The molecular formula is C18H25Cl2NO3. The van der Waals surface area contributed by atoms with Crippen LogP contribution in [0.3, 0.4) is 0 Å². The maximum absolute atomic E-state index is 12.6. The van der Waals surface area contributed by atoms with Crippen LogP contribution in [-0.2, 0) is 11.3 Å². The maximum atomic E-state index is 12.6. The lowest BCUT2D eigenvalue weighted by atomic mass is 9.78. The highest BCUT2D eigenvalue weighted by Crippen LogP contribution is 2.33. The molecule has 1 fully saturated rings. The Morgan fingerprint density at radius 2 is 1.92 bits per heavy atom. The Morgan fingerprint density at radius 1 is 1.29 bits per heavy atom. The van der Waals surface area contributed by atoms with Gasteiger partial charge < -0.3 is 15.2 Å². The number of benzene rings is 1. The minimum absolute atomic E-state index is 0.0264. The van der Waals surface area contributed by atoms with Gasteiger partial charge in [0.25, 0.3) is 0 Å². The van der Waals surface area contributed by atoms with Crippen LogP contribution in [0.2, 0.25) is 10.0 Å². The maximum Gasteiger partial charge on any atom is 0.223 e. The van der Waals surface area contributed by atoms with Crippen LogP contribution in [0, 0.1) is 11.8 Å². The number of nitrogens with one attached hydrogen (secondary N) is 1. The molecule has 1 unspecified atom stereocenters. The molecule has 1 aliphatic carbocycles. The Labute approximate surface area is 153 Å². The van der Waals surface area contributed by atoms with Gasteiger partial charge >= 0.3 is 0 Å². The highest BCUT2D eigenvalue weighted by molar-refractivity contribution is 6.36. The van der Waals surface area contributed by atoms with Crippen LogP contribution in [0.25, 0.3) is 0 Å². The molecule has 1 amide bonds. The van der Waals surface area contributed by atoms with Gasteiger partial charge in [-0.05, 0) is 37.3 Å². The number of aliphatic hydroxyl groups is 1. The van der Waals surface area contributed by atoms with Crippen LogP contribution in [0.5, 0.6) is 5.75 Å². The molecule has 6 heteroatoms. The van der Waals surface area contributed by atoms with Crippen molar-refractivity contribution in [1.82, 2.24) is 5.32 Å². The van der Waals surface area contributed by atoms with E-state index in [4.69, 9.17) is 27.9 Å². The molecule has 0 saturated heterocycles. The van der Waals surface area contributed by atoms with Gasteiger partial charge in [0.05, 0.1) is 17.2 Å². The van der Waals surface area contributed by atoms with E-state index in [2.05, 4.69) is 5.32 Å². The Balaban J connectivity index is 2.02. The molecule has 2 rings (SSSR count). The second-order valence-electron chi connectivity index (χ2n) is 6.30. The first-order valence-electron chi connectivity index (χ1n) is 8.47. The largest absolute Gasteiger partial charge is 0.497 e. The summed E-state index contributed by atoms with van der Waals surface area (Å²) in [6, 6.07) is 3.36. The van der Waals surface area contributed by atoms with Crippen molar-refractivity contribution in [3.8, 4) is 5.75 Å². The Bertz CT molecular complexity index is 536. The van der Waals surface area contributed by atoms with E-state index in [9.17, 15) is 9.90 Å². The lowest BCUT2D eigenvalue weighted by Crippen LogP contribution is -2.36. The minimum atomic E-state index is -0.147. The monoisotopic (exact) mass is 373 g/mol. The number of ether oxygens (including phenoxy) is 1. The number of halogens is 2. The predicted octanol–water partition coefficient (Wildman–Crippen LogP) is 4.20. The van der Waals surface area contributed by atoms with E-state index in [1.807, 2.05) is 0 Å². The zero-order valence-electron chi connectivity index (χ0n) is 14.0. The van der Waals surface area contributed by atoms with E-state index in [1.165, 1.54) is 6.42 Å². The predicted molar refractivity (Wildman–Crippen MR) is 96.6 cm³/mol. The van der Waals surface area contributed by atoms with Gasteiger partial charge in [-0.3, -0.25) is 4.79 Å². The fourth-order valence-corrected chi connectivity index (χ4v) is 4.03. The van der Waals surface area contributed by atoms with Crippen molar-refractivity contribution >= 4 is 29.1 Å². The molecule has 1 aliphatic rings. The van der Waals surface area contributed by atoms with Crippen molar-refractivity contribution in [3.05, 3.63) is 27.7 Å². The summed E-state index contributed by atoms with van der Waals surface area (Å²) in [5, 5.41) is 13.2. The highest BCUT2D eigenvalue weighted by Gasteiger charge is 2.29. The van der Waals surface area contributed by atoms with Gasteiger partial charge in [-0.1, -0.05) is 42.5 Å². The minimum Gasteiger partial charge on any atom is -0.497 e. The fourth-order valence-electron chi connectivity index (χ4n) is 3.43. The smallest absolute Gasteiger partial charge is 0.223 e. The van der Waals surface area contributed by atoms with Gasteiger partial charge in [0.2, 0.25) is 5.91 Å². The molecule has 4 nitrogen and oxygen atoms in total. The second-order valence-corrected chi connectivity index (χ2v) is 7.12. The van der Waals surface area contributed by atoms with Crippen LogP contribution >= 0.6 is 23.2 Å². The number of carbonyl (C=O) groups excluding carboxylic acids is 1. The van der Waals surface area contributed by atoms with E-state index in [0.29, 0.717) is 33.7 Å². The molecule has 0 radical (unpaired) electrons. The lowest BCUT2D eigenvalue weighted by molar-refractivity contribution is -0.128. The van der Waals surface area contributed by atoms with Crippen molar-refractivity contribution in [3.63, 3.8) is 0 Å². The molecule has 1 aromatic carbocycles. The first-order chi connectivity index (χ1) is 11.6. The number of methoxy groups -OCH3 is 1. The van der Waals surface area contributed by atoms with E-state index >= 15 is 0 Å². The summed E-state index contributed by atoms with van der Waals surface area (Å²) in [6.07, 6.45) is 6.18. The first-order valence-corrected chi connectivity index (χ1v) is 9.23. The molecule has 1 atom stereocenters. The third-order valence-electron chi connectivity index (χ3n) is 4.79. The Hall–Kier alpha value is -0.970. The number of amides is 1. The van der Waals surface area contributed by atoms with E-state index in [0.717, 1.165) is 25.7 Å². The van der Waals surface area contributed by atoms with Gasteiger partial charge in [0.1, 0.15) is 5.75 Å². The molecule has 0 spiro atoms. The van der Waals surface area contributed by atoms with Gasteiger partial charge in [-0.15, -0.1) is 0 Å². The average Bonchev–Trinajstić information content (AvgIpc) is 2.59. The number of rotatable bonds is 7. The molecule has 1 aromatic rings. The Morgan fingerprint density at radius 3 is 2.46 bits per heavy atom. The summed E-state index contributed by atoms with van der Waals surface area (Å²) >= 11 is 12.5. The summed E-state index contributed by atoms with van der Waals surface area (Å²) in [7, 11) is 1.55. The molecule has 24 heavy (non-hydrogen) atoms. The van der Waals surface area contributed by atoms with Crippen LogP contribution in [-0.4, -0.2) is 24.7 Å². The third-order valence-corrected chi connectivity index (χ3v) is 5.46. The van der Waals surface area contributed by atoms with E-state index in [1.54, 1.807) is 19.2 Å². The van der Waals surface area contributed by atoms with Crippen molar-refractivity contribution in [2.75, 3.05) is 13.7 Å². The fraction of sp³-hybridized carbons (Fsp3) is 0.611. The topological polar surface area (TPSA) is 58.6 Å². The zero-order valence-corrected chi connectivity index (χ0v) is 15.5. The SMILES string of the molecule is COc1cc(Cl)c(CNC(=O)C(CCO)C2CCCCC2)c(Cl)c1. The molecule has 134 valence electrons. The van der Waals surface area contributed by atoms with Gasteiger partial charge in [-0.25, -0.2) is 0 Å². The van der Waals surface area contributed by atoms with Crippen LogP contribution in [0.15, 0.2) is 12.1 Å². The van der Waals surface area contributed by atoms with Crippen molar-refractivity contribution in [2.24, 2.45) is 11.8 Å². The standard InChI is InChI=1S/C18H25Cl2NO3/c1-24-13-9-16(19)15(17(20)10-13)11-21-18(23)14(7-8-22)12-5-3-2-4-6-12/h9-10,12,14,22H,2-8,11H2,1H3,(H,21,23). The number of carbonyl (C=O) groups is 1. The van der Waals surface area contributed by atoms with Gasteiger partial charge in [0.15, 0.2) is 0 Å². The normalized spacial score (nSPS) is 16.7. The average molecular weight is 374 g/mol. The number of aliphatic hydroxyl groups excluding tert-OH is 1. The van der Waals surface area contributed by atoms with Crippen LogP contribution in [0.4, 0.5) is 0 Å². The van der Waals surface area contributed by atoms with Crippen LogP contribution in [0.1, 0.15) is 44.1 Å². The lowest BCUT2D eigenvalue weighted by Gasteiger charge is -2.29.